The van der Waals surface area contributed by atoms with E-state index in [-0.39, 0.29) is 18.1 Å². The Kier molecular flexibility index (Phi) is 4.90. The smallest absolute Gasteiger partial charge is 0.348 e. The average molecular weight is 286 g/mol. The summed E-state index contributed by atoms with van der Waals surface area (Å²) in [5.74, 6) is -2.33. The first-order chi connectivity index (χ1) is 9.20. The van der Waals surface area contributed by atoms with Crippen LogP contribution in [0.4, 0.5) is 18.9 Å². The second-order valence-corrected chi connectivity index (χ2v) is 4.11. The molecule has 0 atom stereocenters. The number of amides is 2. The standard InChI is InChI=1S/C13H13F3N2O2/c1-8(2)11(19)17-7-9-3-5-10(6-4-9)18-12(20)13(14,15)16/h3-6H,1,7H2,2H3,(H,17,19)(H,18,20). The number of alkyl halides is 3. The number of benzene rings is 1. The number of carbonyl (C=O) groups excluding carboxylic acids is 2. The minimum Gasteiger partial charge on any atom is -0.348 e. The van der Waals surface area contributed by atoms with Crippen LogP contribution in [-0.4, -0.2) is 18.0 Å². The molecule has 0 saturated carbocycles. The van der Waals surface area contributed by atoms with Crippen molar-refractivity contribution >= 4 is 17.5 Å². The third kappa shape index (κ3) is 4.75. The van der Waals surface area contributed by atoms with Gasteiger partial charge in [-0.2, -0.15) is 13.2 Å². The fourth-order valence-corrected chi connectivity index (χ4v) is 1.24. The molecule has 0 radical (unpaired) electrons. The quantitative estimate of drug-likeness (QED) is 0.835. The molecule has 1 aromatic carbocycles. The van der Waals surface area contributed by atoms with Crippen molar-refractivity contribution in [2.75, 3.05) is 5.32 Å². The lowest BCUT2D eigenvalue weighted by atomic mass is 10.2. The van der Waals surface area contributed by atoms with Gasteiger partial charge in [0.15, 0.2) is 0 Å². The van der Waals surface area contributed by atoms with Gasteiger partial charge in [-0.1, -0.05) is 18.7 Å². The molecule has 0 fully saturated rings. The predicted octanol–water partition coefficient (Wildman–Crippen LogP) is 2.38. The Morgan fingerprint density at radius 2 is 1.75 bits per heavy atom. The molecule has 7 heteroatoms. The number of hydrogen-bond acceptors (Lipinski definition) is 2. The molecule has 2 amide bonds. The van der Waals surface area contributed by atoms with Crippen molar-refractivity contribution in [1.29, 1.82) is 0 Å². The van der Waals surface area contributed by atoms with Gasteiger partial charge < -0.3 is 10.6 Å². The Hall–Kier alpha value is -2.31. The van der Waals surface area contributed by atoms with Crippen LogP contribution < -0.4 is 10.6 Å². The van der Waals surface area contributed by atoms with E-state index >= 15 is 0 Å². The van der Waals surface area contributed by atoms with Crippen LogP contribution in [0.15, 0.2) is 36.4 Å². The largest absolute Gasteiger partial charge is 0.471 e. The molecule has 0 aliphatic rings. The zero-order valence-electron chi connectivity index (χ0n) is 10.7. The molecule has 0 saturated heterocycles. The van der Waals surface area contributed by atoms with Gasteiger partial charge in [0, 0.05) is 17.8 Å². The molecule has 0 aliphatic carbocycles. The fourth-order valence-electron chi connectivity index (χ4n) is 1.24. The lowest BCUT2D eigenvalue weighted by Gasteiger charge is -2.09. The molecule has 108 valence electrons. The van der Waals surface area contributed by atoms with Gasteiger partial charge in [0.2, 0.25) is 5.91 Å². The van der Waals surface area contributed by atoms with Gasteiger partial charge in [0.1, 0.15) is 0 Å². The van der Waals surface area contributed by atoms with E-state index in [4.69, 9.17) is 0 Å². The van der Waals surface area contributed by atoms with Crippen molar-refractivity contribution in [3.05, 3.63) is 42.0 Å². The summed E-state index contributed by atoms with van der Waals surface area (Å²) in [6.07, 6.45) is -4.92. The molecule has 1 rings (SSSR count). The molecule has 2 N–H and O–H groups in total. The summed E-state index contributed by atoms with van der Waals surface area (Å²) in [6, 6.07) is 5.66. The zero-order chi connectivity index (χ0) is 15.3. The Labute approximate surface area is 113 Å². The fraction of sp³-hybridized carbons (Fsp3) is 0.231. The average Bonchev–Trinajstić information content (AvgIpc) is 2.36. The minimum absolute atomic E-state index is 0.0299. The lowest BCUT2D eigenvalue weighted by Crippen LogP contribution is -2.29. The van der Waals surface area contributed by atoms with Crippen LogP contribution >= 0.6 is 0 Å². The van der Waals surface area contributed by atoms with E-state index in [1.165, 1.54) is 24.3 Å². The molecule has 4 nitrogen and oxygen atoms in total. The number of anilines is 1. The van der Waals surface area contributed by atoms with Gasteiger partial charge in [-0.25, -0.2) is 0 Å². The van der Waals surface area contributed by atoms with Crippen molar-refractivity contribution in [2.24, 2.45) is 0 Å². The number of hydrogen-bond donors (Lipinski definition) is 2. The van der Waals surface area contributed by atoms with E-state index in [0.29, 0.717) is 11.1 Å². The van der Waals surface area contributed by atoms with Gasteiger partial charge >= 0.3 is 12.1 Å². The highest BCUT2D eigenvalue weighted by molar-refractivity contribution is 5.95. The Bertz CT molecular complexity index is 521. The maximum absolute atomic E-state index is 12.0. The summed E-state index contributed by atoms with van der Waals surface area (Å²) in [5.41, 5.74) is 1.07. The Balaban J connectivity index is 2.59. The van der Waals surface area contributed by atoms with E-state index in [9.17, 15) is 22.8 Å². The second-order valence-electron chi connectivity index (χ2n) is 4.11. The highest BCUT2D eigenvalue weighted by atomic mass is 19.4. The Morgan fingerprint density at radius 3 is 2.20 bits per heavy atom. The van der Waals surface area contributed by atoms with Gasteiger partial charge in [-0.15, -0.1) is 0 Å². The van der Waals surface area contributed by atoms with Gasteiger partial charge in [0.05, 0.1) is 0 Å². The highest BCUT2D eigenvalue weighted by Gasteiger charge is 2.38. The number of carbonyl (C=O) groups is 2. The monoisotopic (exact) mass is 286 g/mol. The van der Waals surface area contributed by atoms with Crippen LogP contribution in [0.2, 0.25) is 0 Å². The molecule has 1 aromatic rings. The molecule has 0 spiro atoms. The van der Waals surface area contributed by atoms with E-state index in [2.05, 4.69) is 11.9 Å². The van der Waals surface area contributed by atoms with Crippen LogP contribution in [0, 0.1) is 0 Å². The molecule has 0 aliphatic heterocycles. The number of rotatable bonds is 4. The summed E-state index contributed by atoms with van der Waals surface area (Å²) in [4.78, 5) is 22.0. The van der Waals surface area contributed by atoms with Crippen molar-refractivity contribution in [2.45, 2.75) is 19.6 Å². The van der Waals surface area contributed by atoms with E-state index in [1.54, 1.807) is 12.2 Å². The normalized spacial score (nSPS) is 10.8. The number of nitrogens with one attached hydrogen (secondary N) is 2. The molecule has 20 heavy (non-hydrogen) atoms. The lowest BCUT2D eigenvalue weighted by molar-refractivity contribution is -0.167. The minimum atomic E-state index is -4.92. The first-order valence-corrected chi connectivity index (χ1v) is 5.61. The van der Waals surface area contributed by atoms with E-state index < -0.39 is 12.1 Å². The third-order valence-electron chi connectivity index (χ3n) is 2.31. The van der Waals surface area contributed by atoms with Gasteiger partial charge in [-0.3, -0.25) is 9.59 Å². The molecule has 0 heterocycles. The molecule has 0 unspecified atom stereocenters. The van der Waals surface area contributed by atoms with Crippen LogP contribution in [-0.2, 0) is 16.1 Å². The highest BCUT2D eigenvalue weighted by Crippen LogP contribution is 2.18. The van der Waals surface area contributed by atoms with E-state index in [1.807, 2.05) is 0 Å². The van der Waals surface area contributed by atoms with Crippen LogP contribution in [0.1, 0.15) is 12.5 Å². The van der Waals surface area contributed by atoms with Crippen molar-refractivity contribution in [1.82, 2.24) is 5.32 Å². The molecular formula is C13H13F3N2O2. The van der Waals surface area contributed by atoms with Crippen LogP contribution in [0.25, 0.3) is 0 Å². The predicted molar refractivity (Wildman–Crippen MR) is 67.8 cm³/mol. The maximum atomic E-state index is 12.0. The zero-order valence-corrected chi connectivity index (χ0v) is 10.7. The van der Waals surface area contributed by atoms with E-state index in [0.717, 1.165) is 0 Å². The summed E-state index contributed by atoms with van der Waals surface area (Å²) in [6.45, 7) is 5.25. The van der Waals surface area contributed by atoms with Crippen molar-refractivity contribution < 1.29 is 22.8 Å². The number of halogens is 3. The SMILES string of the molecule is C=C(C)C(=O)NCc1ccc(NC(=O)C(F)(F)F)cc1. The van der Waals surface area contributed by atoms with Crippen LogP contribution in [0.5, 0.6) is 0 Å². The van der Waals surface area contributed by atoms with Gasteiger partial charge in [0.25, 0.3) is 0 Å². The summed E-state index contributed by atoms with van der Waals surface area (Å²) >= 11 is 0. The third-order valence-corrected chi connectivity index (χ3v) is 2.31. The topological polar surface area (TPSA) is 58.2 Å². The summed E-state index contributed by atoms with van der Waals surface area (Å²) in [7, 11) is 0. The first-order valence-electron chi connectivity index (χ1n) is 5.61. The van der Waals surface area contributed by atoms with Crippen molar-refractivity contribution in [3.63, 3.8) is 0 Å². The second kappa shape index (κ2) is 6.23. The van der Waals surface area contributed by atoms with Gasteiger partial charge in [-0.05, 0) is 24.6 Å². The Morgan fingerprint density at radius 1 is 1.20 bits per heavy atom. The van der Waals surface area contributed by atoms with Crippen molar-refractivity contribution in [3.8, 4) is 0 Å². The summed E-state index contributed by atoms with van der Waals surface area (Å²) < 4.78 is 36.1. The van der Waals surface area contributed by atoms with Crippen LogP contribution in [0.3, 0.4) is 0 Å². The molecular weight excluding hydrogens is 273 g/mol. The maximum Gasteiger partial charge on any atom is 0.471 e. The molecule has 0 bridgehead atoms. The first kappa shape index (κ1) is 15.7. The summed E-state index contributed by atoms with van der Waals surface area (Å²) in [5, 5.41) is 4.30. The molecule has 0 aromatic heterocycles.